The van der Waals surface area contributed by atoms with Gasteiger partial charge in [0, 0.05) is 23.3 Å². The molecule has 0 unspecified atom stereocenters. The van der Waals surface area contributed by atoms with Crippen LogP contribution in [-0.2, 0) is 9.59 Å². The molecule has 22 heavy (non-hydrogen) atoms. The number of aliphatic carboxylic acids is 1. The summed E-state index contributed by atoms with van der Waals surface area (Å²) < 4.78 is 0. The van der Waals surface area contributed by atoms with Crippen LogP contribution in [0.1, 0.15) is 26.2 Å². The standard InChI is InChI=1S/C16H18N2O3S/c1-2-11(15(20)21)8-9-14(19)18-16-17-13(10-22-16)12-6-4-3-5-7-12/h3-7,10-11H,2,8-9H2,1H3,(H,20,21)(H,17,18,19)/p-1/t11-/m1/s1. The summed E-state index contributed by atoms with van der Waals surface area (Å²) in [5, 5.41) is 15.9. The molecule has 0 radical (unpaired) electrons. The first kappa shape index (κ1) is 16.2. The van der Waals surface area contributed by atoms with Crippen LogP contribution in [0.4, 0.5) is 5.13 Å². The monoisotopic (exact) mass is 317 g/mol. The molecule has 2 rings (SSSR count). The van der Waals surface area contributed by atoms with Crippen molar-refractivity contribution in [2.45, 2.75) is 26.2 Å². The van der Waals surface area contributed by atoms with Crippen LogP contribution in [-0.4, -0.2) is 16.9 Å². The number of nitrogens with one attached hydrogen (secondary N) is 1. The number of aromatic nitrogens is 1. The predicted octanol–water partition coefficient (Wildman–Crippen LogP) is 2.30. The fraction of sp³-hybridized carbons (Fsp3) is 0.312. The third kappa shape index (κ3) is 4.39. The maximum absolute atomic E-state index is 11.8. The van der Waals surface area contributed by atoms with Gasteiger partial charge in [0.1, 0.15) is 0 Å². The molecule has 1 amide bonds. The Labute approximate surface area is 133 Å². The third-order valence-corrected chi connectivity index (χ3v) is 4.12. The van der Waals surface area contributed by atoms with Crippen LogP contribution in [0.5, 0.6) is 0 Å². The number of thiazole rings is 1. The number of rotatable bonds is 7. The fourth-order valence-corrected chi connectivity index (χ4v) is 2.78. The average Bonchev–Trinajstić information content (AvgIpc) is 2.97. The van der Waals surface area contributed by atoms with Gasteiger partial charge in [-0.05, 0) is 18.8 Å². The van der Waals surface area contributed by atoms with E-state index in [2.05, 4.69) is 10.3 Å². The lowest BCUT2D eigenvalue weighted by molar-refractivity contribution is -0.311. The minimum atomic E-state index is -1.10. The number of anilines is 1. The number of nitrogens with zero attached hydrogens (tertiary/aromatic N) is 1. The van der Waals surface area contributed by atoms with Crippen LogP contribution < -0.4 is 10.4 Å². The molecule has 2 aromatic rings. The zero-order valence-corrected chi connectivity index (χ0v) is 13.1. The molecule has 0 aliphatic heterocycles. The van der Waals surface area contributed by atoms with E-state index in [9.17, 15) is 14.7 Å². The number of benzene rings is 1. The van der Waals surface area contributed by atoms with Crippen LogP contribution >= 0.6 is 11.3 Å². The van der Waals surface area contributed by atoms with Gasteiger partial charge >= 0.3 is 0 Å². The number of carboxylic acids is 1. The minimum Gasteiger partial charge on any atom is -0.550 e. The minimum absolute atomic E-state index is 0.146. The average molecular weight is 317 g/mol. The predicted molar refractivity (Wildman–Crippen MR) is 84.2 cm³/mol. The summed E-state index contributed by atoms with van der Waals surface area (Å²) in [6.45, 7) is 1.77. The Balaban J connectivity index is 1.90. The molecule has 0 saturated heterocycles. The lowest BCUT2D eigenvalue weighted by Crippen LogP contribution is -2.31. The molecule has 116 valence electrons. The van der Waals surface area contributed by atoms with Gasteiger partial charge in [-0.3, -0.25) is 4.79 Å². The number of hydrogen-bond donors (Lipinski definition) is 1. The van der Waals surface area contributed by atoms with Crippen LogP contribution in [0.3, 0.4) is 0 Å². The summed E-state index contributed by atoms with van der Waals surface area (Å²) in [6, 6.07) is 9.69. The van der Waals surface area contributed by atoms with Crippen molar-refractivity contribution >= 4 is 28.3 Å². The van der Waals surface area contributed by atoms with E-state index in [0.29, 0.717) is 11.6 Å². The van der Waals surface area contributed by atoms with E-state index < -0.39 is 11.9 Å². The maximum Gasteiger partial charge on any atom is 0.226 e. The molecule has 1 heterocycles. The third-order valence-electron chi connectivity index (χ3n) is 3.37. The van der Waals surface area contributed by atoms with Crippen molar-refractivity contribution in [3.63, 3.8) is 0 Å². The van der Waals surface area contributed by atoms with Gasteiger partial charge in [0.05, 0.1) is 5.69 Å². The van der Waals surface area contributed by atoms with Crippen LogP contribution in [0, 0.1) is 5.92 Å². The van der Waals surface area contributed by atoms with Gasteiger partial charge in [-0.1, -0.05) is 37.3 Å². The van der Waals surface area contributed by atoms with Gasteiger partial charge in [0.15, 0.2) is 5.13 Å². The summed E-state index contributed by atoms with van der Waals surface area (Å²) in [5.74, 6) is -1.91. The Morgan fingerprint density at radius 2 is 2.05 bits per heavy atom. The largest absolute Gasteiger partial charge is 0.550 e. The molecule has 5 nitrogen and oxygen atoms in total. The first-order valence-corrected chi connectivity index (χ1v) is 7.99. The fourth-order valence-electron chi connectivity index (χ4n) is 2.05. The molecule has 0 aliphatic carbocycles. The van der Waals surface area contributed by atoms with Crippen LogP contribution in [0.15, 0.2) is 35.7 Å². The van der Waals surface area contributed by atoms with Gasteiger partial charge in [0.25, 0.3) is 0 Å². The van der Waals surface area contributed by atoms with Gasteiger partial charge < -0.3 is 15.2 Å². The summed E-state index contributed by atoms with van der Waals surface area (Å²) in [4.78, 5) is 27.0. The van der Waals surface area contributed by atoms with Crippen molar-refractivity contribution in [1.29, 1.82) is 0 Å². The summed E-state index contributed by atoms with van der Waals surface area (Å²) in [7, 11) is 0. The summed E-state index contributed by atoms with van der Waals surface area (Å²) in [5.41, 5.74) is 1.80. The molecule has 0 spiro atoms. The number of hydrogen-bond acceptors (Lipinski definition) is 5. The summed E-state index contributed by atoms with van der Waals surface area (Å²) in [6.07, 6.45) is 0.888. The zero-order valence-electron chi connectivity index (χ0n) is 12.2. The van der Waals surface area contributed by atoms with Gasteiger partial charge in [-0.2, -0.15) is 0 Å². The van der Waals surface area contributed by atoms with Crippen molar-refractivity contribution in [2.24, 2.45) is 5.92 Å². The Bertz CT molecular complexity index is 640. The van der Waals surface area contributed by atoms with Crippen LogP contribution in [0.2, 0.25) is 0 Å². The zero-order chi connectivity index (χ0) is 15.9. The van der Waals surface area contributed by atoms with Crippen molar-refractivity contribution in [2.75, 3.05) is 5.32 Å². The SMILES string of the molecule is CC[C@H](CCC(=O)Nc1nc(-c2ccccc2)cs1)C(=O)[O-]. The second-order valence-electron chi connectivity index (χ2n) is 4.91. The number of carbonyl (C=O) groups excluding carboxylic acids is 2. The Morgan fingerprint density at radius 1 is 1.32 bits per heavy atom. The molecular weight excluding hydrogens is 300 g/mol. The topological polar surface area (TPSA) is 82.1 Å². The van der Waals surface area contributed by atoms with Crippen LogP contribution in [0.25, 0.3) is 11.3 Å². The van der Waals surface area contributed by atoms with E-state index in [0.717, 1.165) is 11.3 Å². The molecular formula is C16H17N2O3S-. The maximum atomic E-state index is 11.8. The molecule has 0 saturated carbocycles. The van der Waals surface area contributed by atoms with Crippen molar-refractivity contribution in [1.82, 2.24) is 4.98 Å². The molecule has 6 heteroatoms. The number of carboxylic acid groups (broad SMARTS) is 1. The number of amides is 1. The van der Waals surface area contributed by atoms with E-state index in [1.54, 1.807) is 6.92 Å². The lowest BCUT2D eigenvalue weighted by Gasteiger charge is -2.14. The molecule has 1 atom stereocenters. The Kier molecular flexibility index (Phi) is 5.66. The van der Waals surface area contributed by atoms with E-state index in [4.69, 9.17) is 0 Å². The molecule has 1 aromatic carbocycles. The first-order valence-electron chi connectivity index (χ1n) is 7.11. The Morgan fingerprint density at radius 3 is 2.68 bits per heavy atom. The number of carbonyl (C=O) groups is 2. The second-order valence-corrected chi connectivity index (χ2v) is 5.77. The summed E-state index contributed by atoms with van der Waals surface area (Å²) >= 11 is 1.35. The quantitative estimate of drug-likeness (QED) is 0.849. The second kappa shape index (κ2) is 7.70. The van der Waals surface area contributed by atoms with Gasteiger partial charge in [-0.15, -0.1) is 11.3 Å². The van der Waals surface area contributed by atoms with E-state index in [-0.39, 0.29) is 18.7 Å². The molecule has 0 bridgehead atoms. The van der Waals surface area contributed by atoms with E-state index >= 15 is 0 Å². The lowest BCUT2D eigenvalue weighted by atomic mass is 10.0. The smallest absolute Gasteiger partial charge is 0.226 e. The van der Waals surface area contributed by atoms with Gasteiger partial charge in [0.2, 0.25) is 5.91 Å². The van der Waals surface area contributed by atoms with Crippen molar-refractivity contribution in [3.8, 4) is 11.3 Å². The van der Waals surface area contributed by atoms with Crippen molar-refractivity contribution < 1.29 is 14.7 Å². The normalized spacial score (nSPS) is 11.9. The molecule has 1 N–H and O–H groups in total. The molecule has 0 fully saturated rings. The highest BCUT2D eigenvalue weighted by atomic mass is 32.1. The highest BCUT2D eigenvalue weighted by Gasteiger charge is 2.12. The molecule has 1 aromatic heterocycles. The van der Waals surface area contributed by atoms with E-state index in [1.807, 2.05) is 35.7 Å². The van der Waals surface area contributed by atoms with Crippen molar-refractivity contribution in [3.05, 3.63) is 35.7 Å². The highest BCUT2D eigenvalue weighted by molar-refractivity contribution is 7.14. The molecule has 0 aliphatic rings. The van der Waals surface area contributed by atoms with E-state index in [1.165, 1.54) is 11.3 Å². The first-order chi connectivity index (χ1) is 10.6. The van der Waals surface area contributed by atoms with Gasteiger partial charge in [-0.25, -0.2) is 4.98 Å². The Hall–Kier alpha value is -2.21. The highest BCUT2D eigenvalue weighted by Crippen LogP contribution is 2.24.